The van der Waals surface area contributed by atoms with Gasteiger partial charge in [0.15, 0.2) is 0 Å². The predicted octanol–water partition coefficient (Wildman–Crippen LogP) is 3.13. The van der Waals surface area contributed by atoms with Gasteiger partial charge in [-0.05, 0) is 43.9 Å². The molecule has 0 aliphatic heterocycles. The zero-order valence-electron chi connectivity index (χ0n) is 11.8. The van der Waals surface area contributed by atoms with Gasteiger partial charge in [-0.1, -0.05) is 6.07 Å². The highest BCUT2D eigenvalue weighted by molar-refractivity contribution is 6.01. The van der Waals surface area contributed by atoms with E-state index in [1.807, 2.05) is 13.0 Å². The van der Waals surface area contributed by atoms with Crippen molar-refractivity contribution in [1.29, 1.82) is 0 Å². The van der Waals surface area contributed by atoms with E-state index in [1.54, 1.807) is 13.0 Å². The first-order valence-corrected chi connectivity index (χ1v) is 6.53. The third-order valence-corrected chi connectivity index (χ3v) is 2.95. The third kappa shape index (κ3) is 4.43. The van der Waals surface area contributed by atoms with Crippen molar-refractivity contribution in [1.82, 2.24) is 0 Å². The van der Waals surface area contributed by atoms with Crippen molar-refractivity contribution in [2.75, 3.05) is 5.32 Å². The number of unbranched alkanes of at least 4 members (excludes halogenated alkanes) is 2. The number of aryl methyl sites for hydroxylation is 2. The standard InChI is InChI=1S/C16H19NO3/c1-4-5-6-7-8-14(18)17-15-12(3)9-11(2)10-13(15)16(19)20/h1,9-10H,5-8H2,2-3H3,(H,17,18)(H,19,20). The van der Waals surface area contributed by atoms with Crippen LogP contribution in [0.15, 0.2) is 12.1 Å². The van der Waals surface area contributed by atoms with Crippen LogP contribution in [0.4, 0.5) is 5.69 Å². The molecule has 0 bridgehead atoms. The highest BCUT2D eigenvalue weighted by Crippen LogP contribution is 2.23. The van der Waals surface area contributed by atoms with Crippen LogP contribution in [0.1, 0.15) is 47.2 Å². The maximum atomic E-state index is 11.8. The van der Waals surface area contributed by atoms with Gasteiger partial charge < -0.3 is 10.4 Å². The predicted molar refractivity (Wildman–Crippen MR) is 78.8 cm³/mol. The molecule has 1 aromatic rings. The van der Waals surface area contributed by atoms with E-state index >= 15 is 0 Å². The fourth-order valence-corrected chi connectivity index (χ4v) is 2.02. The Morgan fingerprint density at radius 1 is 1.30 bits per heavy atom. The molecular formula is C16H19NO3. The van der Waals surface area contributed by atoms with Crippen LogP contribution >= 0.6 is 0 Å². The maximum absolute atomic E-state index is 11.8. The van der Waals surface area contributed by atoms with E-state index in [2.05, 4.69) is 11.2 Å². The van der Waals surface area contributed by atoms with Gasteiger partial charge in [-0.25, -0.2) is 4.79 Å². The topological polar surface area (TPSA) is 66.4 Å². The van der Waals surface area contributed by atoms with E-state index in [1.165, 1.54) is 0 Å². The smallest absolute Gasteiger partial charge is 0.337 e. The molecule has 4 nitrogen and oxygen atoms in total. The lowest BCUT2D eigenvalue weighted by molar-refractivity contribution is -0.116. The van der Waals surface area contributed by atoms with Gasteiger partial charge >= 0.3 is 5.97 Å². The first-order chi connectivity index (χ1) is 9.45. The Hall–Kier alpha value is -2.28. The number of benzene rings is 1. The molecule has 0 unspecified atom stereocenters. The number of anilines is 1. The molecule has 0 saturated heterocycles. The minimum Gasteiger partial charge on any atom is -0.478 e. The lowest BCUT2D eigenvalue weighted by Crippen LogP contribution is -2.15. The lowest BCUT2D eigenvalue weighted by Gasteiger charge is -2.12. The normalized spacial score (nSPS) is 9.85. The number of rotatable bonds is 6. The van der Waals surface area contributed by atoms with E-state index in [-0.39, 0.29) is 11.5 Å². The lowest BCUT2D eigenvalue weighted by atomic mass is 10.0. The second kappa shape index (κ2) is 7.34. The van der Waals surface area contributed by atoms with Crippen molar-refractivity contribution in [3.63, 3.8) is 0 Å². The van der Waals surface area contributed by atoms with Gasteiger partial charge in [-0.2, -0.15) is 0 Å². The summed E-state index contributed by atoms with van der Waals surface area (Å²) in [5.74, 6) is 1.30. The number of hydrogen-bond donors (Lipinski definition) is 2. The summed E-state index contributed by atoms with van der Waals surface area (Å²) in [6.45, 7) is 3.61. The second-order valence-electron chi connectivity index (χ2n) is 4.77. The van der Waals surface area contributed by atoms with Crippen molar-refractivity contribution in [2.24, 2.45) is 0 Å². The van der Waals surface area contributed by atoms with E-state index in [9.17, 15) is 14.7 Å². The Balaban J connectivity index is 2.79. The molecule has 2 N–H and O–H groups in total. The monoisotopic (exact) mass is 273 g/mol. The molecule has 106 valence electrons. The van der Waals surface area contributed by atoms with Crippen molar-refractivity contribution in [3.8, 4) is 12.3 Å². The van der Waals surface area contributed by atoms with Crippen molar-refractivity contribution >= 4 is 17.6 Å². The summed E-state index contributed by atoms with van der Waals surface area (Å²) in [5.41, 5.74) is 2.11. The van der Waals surface area contributed by atoms with Crippen LogP contribution in [0, 0.1) is 26.2 Å². The Kier molecular flexibility index (Phi) is 5.79. The Labute approximate surface area is 119 Å². The number of amides is 1. The largest absolute Gasteiger partial charge is 0.478 e. The number of carbonyl (C=O) groups excluding carboxylic acids is 1. The first-order valence-electron chi connectivity index (χ1n) is 6.53. The minimum atomic E-state index is -1.04. The molecule has 0 spiro atoms. The van der Waals surface area contributed by atoms with Crippen LogP contribution in [0.3, 0.4) is 0 Å². The molecule has 20 heavy (non-hydrogen) atoms. The number of carboxylic acids is 1. The van der Waals surface area contributed by atoms with Gasteiger partial charge in [0.2, 0.25) is 5.91 Å². The molecule has 0 atom stereocenters. The highest BCUT2D eigenvalue weighted by atomic mass is 16.4. The molecule has 0 heterocycles. The minimum absolute atomic E-state index is 0.125. The van der Waals surface area contributed by atoms with Gasteiger partial charge in [0.25, 0.3) is 0 Å². The summed E-state index contributed by atoms with van der Waals surface area (Å²) >= 11 is 0. The van der Waals surface area contributed by atoms with Gasteiger partial charge in [0.05, 0.1) is 11.3 Å². The van der Waals surface area contributed by atoms with Crippen molar-refractivity contribution < 1.29 is 14.7 Å². The number of aromatic carboxylic acids is 1. The van der Waals surface area contributed by atoms with Crippen LogP contribution in [0.2, 0.25) is 0 Å². The van der Waals surface area contributed by atoms with Crippen LogP contribution in [-0.4, -0.2) is 17.0 Å². The first kappa shape index (κ1) is 15.8. The number of nitrogens with one attached hydrogen (secondary N) is 1. The van der Waals surface area contributed by atoms with Gasteiger partial charge in [-0.3, -0.25) is 4.79 Å². The van der Waals surface area contributed by atoms with Gasteiger partial charge in [0.1, 0.15) is 0 Å². The van der Waals surface area contributed by atoms with Crippen LogP contribution in [0.5, 0.6) is 0 Å². The van der Waals surface area contributed by atoms with Crippen LogP contribution < -0.4 is 5.32 Å². The molecule has 0 fully saturated rings. The Morgan fingerprint density at radius 3 is 2.60 bits per heavy atom. The van der Waals surface area contributed by atoms with Crippen LogP contribution in [0.25, 0.3) is 0 Å². The van der Waals surface area contributed by atoms with Crippen LogP contribution in [-0.2, 0) is 4.79 Å². The average Bonchev–Trinajstić information content (AvgIpc) is 2.37. The molecule has 0 radical (unpaired) electrons. The summed E-state index contributed by atoms with van der Waals surface area (Å²) in [4.78, 5) is 23.1. The van der Waals surface area contributed by atoms with Gasteiger partial charge in [-0.15, -0.1) is 12.3 Å². The quantitative estimate of drug-likeness (QED) is 0.618. The van der Waals surface area contributed by atoms with Crippen molar-refractivity contribution in [3.05, 3.63) is 28.8 Å². The number of carboxylic acid groups (broad SMARTS) is 1. The summed E-state index contributed by atoms with van der Waals surface area (Å²) in [5, 5.41) is 11.9. The summed E-state index contributed by atoms with van der Waals surface area (Å²) in [6, 6.07) is 3.41. The van der Waals surface area contributed by atoms with E-state index < -0.39 is 5.97 Å². The molecule has 0 saturated carbocycles. The summed E-state index contributed by atoms with van der Waals surface area (Å²) in [6.07, 6.45) is 7.62. The fourth-order valence-electron chi connectivity index (χ4n) is 2.02. The number of terminal acetylenes is 1. The van der Waals surface area contributed by atoms with E-state index in [0.29, 0.717) is 24.9 Å². The number of carbonyl (C=O) groups is 2. The third-order valence-electron chi connectivity index (χ3n) is 2.95. The molecule has 0 aliphatic carbocycles. The second-order valence-corrected chi connectivity index (χ2v) is 4.77. The zero-order valence-corrected chi connectivity index (χ0v) is 11.8. The van der Waals surface area contributed by atoms with E-state index in [4.69, 9.17) is 6.42 Å². The van der Waals surface area contributed by atoms with E-state index in [0.717, 1.165) is 17.5 Å². The Morgan fingerprint density at radius 2 is 2.00 bits per heavy atom. The number of hydrogen-bond acceptors (Lipinski definition) is 2. The Bertz CT molecular complexity index is 556. The maximum Gasteiger partial charge on any atom is 0.337 e. The fraction of sp³-hybridized carbons (Fsp3) is 0.375. The molecule has 0 aliphatic rings. The molecule has 1 amide bonds. The molecular weight excluding hydrogens is 254 g/mol. The van der Waals surface area contributed by atoms with Gasteiger partial charge in [0, 0.05) is 12.8 Å². The molecule has 1 aromatic carbocycles. The van der Waals surface area contributed by atoms with Crippen molar-refractivity contribution in [2.45, 2.75) is 39.5 Å². The molecule has 1 rings (SSSR count). The summed E-state index contributed by atoms with van der Waals surface area (Å²) in [7, 11) is 0. The average molecular weight is 273 g/mol. The molecule has 4 heteroatoms. The molecule has 0 aromatic heterocycles. The SMILES string of the molecule is C#CCCCCC(=O)Nc1c(C)cc(C)cc1C(=O)O. The highest BCUT2D eigenvalue weighted by Gasteiger charge is 2.15. The summed E-state index contributed by atoms with van der Waals surface area (Å²) < 4.78 is 0. The zero-order chi connectivity index (χ0) is 15.1.